The summed E-state index contributed by atoms with van der Waals surface area (Å²) in [5, 5.41) is 13.0. The van der Waals surface area contributed by atoms with E-state index in [1.165, 1.54) is 22.8 Å². The molecule has 6 nitrogen and oxygen atoms in total. The highest BCUT2D eigenvalue weighted by atomic mass is 19.1. The van der Waals surface area contributed by atoms with E-state index in [0.29, 0.717) is 66.2 Å². The molecule has 1 aliphatic heterocycles. The first-order valence-electron chi connectivity index (χ1n) is 15.2. The van der Waals surface area contributed by atoms with Crippen molar-refractivity contribution in [1.82, 2.24) is 14.8 Å². The Balaban J connectivity index is 1.44. The van der Waals surface area contributed by atoms with E-state index in [4.69, 9.17) is 0 Å². The molecule has 5 rings (SSSR count). The van der Waals surface area contributed by atoms with E-state index < -0.39 is 47.8 Å². The topological polar surface area (TPSA) is 74.6 Å². The lowest BCUT2D eigenvalue weighted by Crippen LogP contribution is -2.49. The van der Waals surface area contributed by atoms with Gasteiger partial charge in [0, 0.05) is 50.0 Å². The molecule has 236 valence electrons. The summed E-state index contributed by atoms with van der Waals surface area (Å²) in [6.07, 6.45) is 3.38. The number of benzene rings is 2. The van der Waals surface area contributed by atoms with Gasteiger partial charge in [-0.25, -0.2) is 17.6 Å². The number of alkyl halides is 1. The molecule has 2 aromatic carbocycles. The van der Waals surface area contributed by atoms with Crippen LogP contribution in [0, 0.1) is 44.1 Å². The fourth-order valence-electron chi connectivity index (χ4n) is 6.35. The summed E-state index contributed by atoms with van der Waals surface area (Å²) in [4.78, 5) is 26.9. The average molecular weight is 614 g/mol. The highest BCUT2D eigenvalue weighted by molar-refractivity contribution is 5.73. The highest BCUT2D eigenvalue weighted by Crippen LogP contribution is 2.37. The summed E-state index contributed by atoms with van der Waals surface area (Å²) < 4.78 is 59.2. The maximum absolute atomic E-state index is 15.7. The molecule has 3 aromatic rings. The number of aliphatic carboxylic acids is 1. The number of carbonyl (C=O) groups is 1. The first-order valence-corrected chi connectivity index (χ1v) is 15.2. The van der Waals surface area contributed by atoms with Crippen LogP contribution in [0.5, 0.6) is 0 Å². The number of nitrogens with zero attached hydrogens (tertiary/aromatic N) is 2. The van der Waals surface area contributed by atoms with E-state index >= 15 is 4.39 Å². The minimum absolute atomic E-state index is 0.115. The average Bonchev–Trinajstić information content (AvgIpc) is 3.74. The van der Waals surface area contributed by atoms with Crippen molar-refractivity contribution in [2.75, 3.05) is 26.2 Å². The predicted octanol–water partition coefficient (Wildman–Crippen LogP) is 6.20. The van der Waals surface area contributed by atoms with Crippen LogP contribution in [0.25, 0.3) is 11.1 Å². The number of rotatable bonds is 13. The molecule has 0 radical (unpaired) electrons. The molecule has 2 heterocycles. The van der Waals surface area contributed by atoms with E-state index in [1.54, 1.807) is 39.1 Å². The van der Waals surface area contributed by atoms with Gasteiger partial charge in [0.2, 0.25) is 0 Å². The number of nitrogens with one attached hydrogen (secondary N) is 1. The molecule has 44 heavy (non-hydrogen) atoms. The Morgan fingerprint density at radius 3 is 2.32 bits per heavy atom. The van der Waals surface area contributed by atoms with Crippen molar-refractivity contribution in [2.45, 2.75) is 71.1 Å². The smallest absolute Gasteiger partial charge is 0.305 e. The van der Waals surface area contributed by atoms with Crippen LogP contribution in [0.4, 0.5) is 17.6 Å². The van der Waals surface area contributed by atoms with Crippen LogP contribution in [0.3, 0.4) is 0 Å². The van der Waals surface area contributed by atoms with Gasteiger partial charge in [-0.1, -0.05) is 12.8 Å². The standard InChI is InChI=1S/C34H39F4N3O3/c1-19-9-25(35)10-20(2)32(19)24-8-21(3)33(38)28(13-24)30(14-31(42)43)39-15-27(11-22-4-5-22)41-16-23(12-29(37)34(41)44)6-7-40-17-26(36)18-40/h8-10,12-13,16,22,26-27,30,39H,4-7,11,14-15,17-18H2,1-3H3,(H,42,43). The first kappa shape index (κ1) is 31.9. The fourth-order valence-corrected chi connectivity index (χ4v) is 6.35. The molecular weight excluding hydrogens is 574 g/mol. The predicted molar refractivity (Wildman–Crippen MR) is 161 cm³/mol. The lowest BCUT2D eigenvalue weighted by Gasteiger charge is -2.34. The molecule has 1 aliphatic carbocycles. The fraction of sp³-hybridized carbons (Fsp3) is 0.471. The Bertz CT molecular complexity index is 1570. The van der Waals surface area contributed by atoms with Crippen LogP contribution in [0.15, 0.2) is 41.3 Å². The van der Waals surface area contributed by atoms with Crippen LogP contribution < -0.4 is 10.9 Å². The number of hydrogen-bond acceptors (Lipinski definition) is 4. The molecule has 1 saturated carbocycles. The molecule has 2 aliphatic rings. The number of aromatic nitrogens is 1. The molecule has 10 heteroatoms. The third-order valence-electron chi connectivity index (χ3n) is 8.80. The van der Waals surface area contributed by atoms with Crippen LogP contribution in [0.2, 0.25) is 0 Å². The van der Waals surface area contributed by atoms with Crippen molar-refractivity contribution in [3.8, 4) is 11.1 Å². The number of hydrogen-bond donors (Lipinski definition) is 2. The van der Waals surface area contributed by atoms with Crippen molar-refractivity contribution in [3.05, 3.63) is 92.2 Å². The number of likely N-dealkylation sites (tertiary alicyclic amines) is 1. The Kier molecular flexibility index (Phi) is 9.60. The quantitative estimate of drug-likeness (QED) is 0.225. The van der Waals surface area contributed by atoms with Crippen molar-refractivity contribution in [3.63, 3.8) is 0 Å². The Morgan fingerprint density at radius 1 is 1.02 bits per heavy atom. The SMILES string of the molecule is Cc1cc(-c2c(C)cc(F)cc2C)cc(C(CC(=O)O)NCC(CC2CC2)n2cc(CCN3CC(F)C3)cc(F)c2=O)c1F. The van der Waals surface area contributed by atoms with Crippen molar-refractivity contribution in [2.24, 2.45) is 5.92 Å². The molecule has 0 spiro atoms. The summed E-state index contributed by atoms with van der Waals surface area (Å²) in [5.41, 5.74) is 3.06. The summed E-state index contributed by atoms with van der Waals surface area (Å²) in [6, 6.07) is 5.87. The molecule has 1 aromatic heterocycles. The van der Waals surface area contributed by atoms with Crippen LogP contribution >= 0.6 is 0 Å². The lowest BCUT2D eigenvalue weighted by molar-refractivity contribution is -0.137. The minimum atomic E-state index is -1.13. The Hall–Kier alpha value is -3.50. The van der Waals surface area contributed by atoms with Gasteiger partial charge in [0.05, 0.1) is 6.42 Å². The molecule has 2 atom stereocenters. The van der Waals surface area contributed by atoms with Gasteiger partial charge in [-0.3, -0.25) is 14.5 Å². The molecule has 2 N–H and O–H groups in total. The second kappa shape index (κ2) is 13.2. The molecule has 2 fully saturated rings. The zero-order chi connectivity index (χ0) is 31.7. The molecule has 0 bridgehead atoms. The van der Waals surface area contributed by atoms with Crippen molar-refractivity contribution >= 4 is 5.97 Å². The lowest BCUT2D eigenvalue weighted by atomic mass is 9.90. The largest absolute Gasteiger partial charge is 0.481 e. The van der Waals surface area contributed by atoms with E-state index in [0.717, 1.165) is 18.4 Å². The van der Waals surface area contributed by atoms with Gasteiger partial charge in [0.15, 0.2) is 5.82 Å². The van der Waals surface area contributed by atoms with Crippen LogP contribution in [-0.4, -0.2) is 52.9 Å². The number of aryl methyl sites for hydroxylation is 3. The maximum Gasteiger partial charge on any atom is 0.305 e. The molecular formula is C34H39F4N3O3. The van der Waals surface area contributed by atoms with Crippen LogP contribution in [0.1, 0.15) is 65.6 Å². The molecule has 1 saturated heterocycles. The highest BCUT2D eigenvalue weighted by Gasteiger charge is 2.30. The third-order valence-corrected chi connectivity index (χ3v) is 8.80. The summed E-state index contributed by atoms with van der Waals surface area (Å²) in [5.74, 6) is -2.58. The molecule has 0 amide bonds. The molecule has 2 unspecified atom stereocenters. The number of halogens is 4. The zero-order valence-electron chi connectivity index (χ0n) is 25.3. The maximum atomic E-state index is 15.7. The summed E-state index contributed by atoms with van der Waals surface area (Å²) in [7, 11) is 0. The number of carboxylic acids is 1. The van der Waals surface area contributed by atoms with Gasteiger partial charge < -0.3 is 15.0 Å². The third kappa shape index (κ3) is 7.41. The first-order chi connectivity index (χ1) is 20.9. The normalized spacial score (nSPS) is 17.0. The van der Waals surface area contributed by atoms with Gasteiger partial charge >= 0.3 is 5.97 Å². The van der Waals surface area contributed by atoms with E-state index in [1.807, 2.05) is 4.90 Å². The second-order valence-electron chi connectivity index (χ2n) is 12.5. The Morgan fingerprint density at radius 2 is 1.70 bits per heavy atom. The van der Waals surface area contributed by atoms with Crippen LogP contribution in [-0.2, 0) is 11.2 Å². The Labute approximate surface area is 254 Å². The van der Waals surface area contributed by atoms with Gasteiger partial charge in [0.1, 0.15) is 17.8 Å². The summed E-state index contributed by atoms with van der Waals surface area (Å²) in [6.45, 7) is 6.50. The van der Waals surface area contributed by atoms with Gasteiger partial charge in [-0.2, -0.15) is 0 Å². The number of pyridine rings is 1. The number of carboxylic acid groups (broad SMARTS) is 1. The van der Waals surface area contributed by atoms with Gasteiger partial charge in [0.25, 0.3) is 5.56 Å². The van der Waals surface area contributed by atoms with E-state index in [-0.39, 0.29) is 17.9 Å². The van der Waals surface area contributed by atoms with Crippen molar-refractivity contribution in [1.29, 1.82) is 0 Å². The van der Waals surface area contributed by atoms with Gasteiger partial charge in [-0.05, 0) is 103 Å². The monoisotopic (exact) mass is 613 g/mol. The van der Waals surface area contributed by atoms with E-state index in [2.05, 4.69) is 5.32 Å². The summed E-state index contributed by atoms with van der Waals surface area (Å²) >= 11 is 0. The second-order valence-corrected chi connectivity index (χ2v) is 12.5. The van der Waals surface area contributed by atoms with Crippen molar-refractivity contribution < 1.29 is 27.5 Å². The van der Waals surface area contributed by atoms with Gasteiger partial charge in [-0.15, -0.1) is 0 Å². The zero-order valence-corrected chi connectivity index (χ0v) is 25.3. The minimum Gasteiger partial charge on any atom is -0.481 e. The van der Waals surface area contributed by atoms with E-state index in [9.17, 15) is 27.9 Å².